The van der Waals surface area contributed by atoms with Crippen LogP contribution in [0, 0.1) is 11.8 Å². The smallest absolute Gasteiger partial charge is 0.228 e. The van der Waals surface area contributed by atoms with Crippen LogP contribution in [0.15, 0.2) is 0 Å². The van der Waals surface area contributed by atoms with E-state index in [9.17, 15) is 9.59 Å². The topological polar surface area (TPSA) is 64.1 Å². The molecule has 0 aromatic carbocycles. The highest BCUT2D eigenvalue weighted by Gasteiger charge is 2.37. The molecule has 2 amide bonds. The van der Waals surface area contributed by atoms with E-state index in [4.69, 9.17) is 5.11 Å². The number of amides is 2. The highest BCUT2D eigenvalue weighted by Crippen LogP contribution is 2.21. The molecule has 1 unspecified atom stereocenters. The summed E-state index contributed by atoms with van der Waals surface area (Å²) in [5.41, 5.74) is 0. The number of aliphatic hydroxyl groups is 1. The average Bonchev–Trinajstić information content (AvgIpc) is 2.80. The summed E-state index contributed by atoms with van der Waals surface area (Å²) >= 11 is 0. The van der Waals surface area contributed by atoms with Gasteiger partial charge >= 0.3 is 0 Å². The molecule has 2 aliphatic rings. The lowest BCUT2D eigenvalue weighted by Gasteiger charge is -2.35. The van der Waals surface area contributed by atoms with Crippen molar-refractivity contribution in [1.29, 1.82) is 0 Å². The first-order valence-electron chi connectivity index (χ1n) is 7.91. The molecule has 6 heteroatoms. The van der Waals surface area contributed by atoms with Crippen molar-refractivity contribution in [2.45, 2.75) is 20.3 Å². The van der Waals surface area contributed by atoms with Crippen molar-refractivity contribution in [1.82, 2.24) is 14.7 Å². The first-order chi connectivity index (χ1) is 10.0. The molecule has 21 heavy (non-hydrogen) atoms. The third-order valence-electron chi connectivity index (χ3n) is 4.25. The number of carbonyl (C=O) groups is 2. The molecule has 2 fully saturated rings. The zero-order valence-corrected chi connectivity index (χ0v) is 13.1. The van der Waals surface area contributed by atoms with Gasteiger partial charge in [0.15, 0.2) is 0 Å². The fourth-order valence-electron chi connectivity index (χ4n) is 3.15. The second kappa shape index (κ2) is 7.22. The molecule has 0 aromatic heterocycles. The van der Waals surface area contributed by atoms with Crippen LogP contribution in [0.25, 0.3) is 0 Å². The third kappa shape index (κ3) is 4.17. The van der Waals surface area contributed by atoms with Gasteiger partial charge in [0.2, 0.25) is 11.8 Å². The van der Waals surface area contributed by atoms with Crippen LogP contribution in [0.1, 0.15) is 20.3 Å². The van der Waals surface area contributed by atoms with Crippen LogP contribution in [0.4, 0.5) is 0 Å². The van der Waals surface area contributed by atoms with Crippen molar-refractivity contribution in [2.24, 2.45) is 11.8 Å². The van der Waals surface area contributed by atoms with E-state index >= 15 is 0 Å². The second-order valence-electron chi connectivity index (χ2n) is 6.48. The number of nitrogens with zero attached hydrogens (tertiary/aromatic N) is 3. The highest BCUT2D eigenvalue weighted by atomic mass is 16.3. The van der Waals surface area contributed by atoms with Gasteiger partial charge in [-0.3, -0.25) is 14.5 Å². The summed E-state index contributed by atoms with van der Waals surface area (Å²) in [5, 5.41) is 8.93. The molecule has 0 aromatic rings. The van der Waals surface area contributed by atoms with Crippen molar-refractivity contribution in [2.75, 3.05) is 52.4 Å². The molecule has 0 spiro atoms. The van der Waals surface area contributed by atoms with Crippen molar-refractivity contribution in [3.05, 3.63) is 0 Å². The number of likely N-dealkylation sites (tertiary alicyclic amines) is 1. The number of β-amino-alcohol motifs (C(OH)–C–C–N with tert-alkyl or cyclic N) is 1. The molecule has 0 saturated carbocycles. The van der Waals surface area contributed by atoms with Gasteiger partial charge in [-0.2, -0.15) is 0 Å². The Morgan fingerprint density at radius 3 is 2.52 bits per heavy atom. The Labute approximate surface area is 126 Å². The molecule has 2 aliphatic heterocycles. The van der Waals surface area contributed by atoms with E-state index in [2.05, 4.69) is 18.7 Å². The predicted molar refractivity (Wildman–Crippen MR) is 79.6 cm³/mol. The minimum atomic E-state index is -0.166. The lowest BCUT2D eigenvalue weighted by atomic mass is 10.1. The van der Waals surface area contributed by atoms with Crippen molar-refractivity contribution < 1.29 is 14.7 Å². The molecule has 0 radical (unpaired) electrons. The molecule has 0 bridgehead atoms. The van der Waals surface area contributed by atoms with Crippen LogP contribution in [-0.4, -0.2) is 84.0 Å². The van der Waals surface area contributed by atoms with Crippen LogP contribution in [0.2, 0.25) is 0 Å². The number of hydrogen-bond donors (Lipinski definition) is 1. The van der Waals surface area contributed by atoms with Crippen LogP contribution < -0.4 is 0 Å². The molecule has 2 saturated heterocycles. The van der Waals surface area contributed by atoms with Crippen LogP contribution in [0.3, 0.4) is 0 Å². The number of aliphatic hydroxyl groups excluding tert-OH is 1. The highest BCUT2D eigenvalue weighted by molar-refractivity contribution is 5.89. The summed E-state index contributed by atoms with van der Waals surface area (Å²) in [5.74, 6) is 0.504. The molecule has 2 heterocycles. The molecular weight excluding hydrogens is 270 g/mol. The van der Waals surface area contributed by atoms with Crippen molar-refractivity contribution in [3.8, 4) is 0 Å². The Bertz CT molecular complexity index is 378. The van der Waals surface area contributed by atoms with Crippen LogP contribution in [0.5, 0.6) is 0 Å². The largest absolute Gasteiger partial charge is 0.395 e. The molecule has 1 N–H and O–H groups in total. The standard InChI is InChI=1S/C15H27N3O3/c1-12(2)10-18-11-13(9-14(18)20)15(21)17-5-3-16(4-6-17)7-8-19/h12-13,19H,3-11H2,1-2H3. The quantitative estimate of drug-likeness (QED) is 0.752. The Hall–Kier alpha value is -1.14. The van der Waals surface area contributed by atoms with E-state index in [0.29, 0.717) is 38.5 Å². The maximum Gasteiger partial charge on any atom is 0.228 e. The van der Waals surface area contributed by atoms with Gasteiger partial charge in [0, 0.05) is 52.2 Å². The van der Waals surface area contributed by atoms with Gasteiger partial charge in [-0.15, -0.1) is 0 Å². The minimum Gasteiger partial charge on any atom is -0.395 e. The number of rotatable bonds is 5. The minimum absolute atomic E-state index is 0.112. The lowest BCUT2D eigenvalue weighted by Crippen LogP contribution is -2.51. The maximum absolute atomic E-state index is 12.5. The second-order valence-corrected chi connectivity index (χ2v) is 6.48. The van der Waals surface area contributed by atoms with Crippen LogP contribution in [-0.2, 0) is 9.59 Å². The van der Waals surface area contributed by atoms with E-state index in [-0.39, 0.29) is 24.3 Å². The molecule has 120 valence electrons. The first kappa shape index (κ1) is 16.2. The molecule has 1 atom stereocenters. The number of hydrogen-bond acceptors (Lipinski definition) is 4. The van der Waals surface area contributed by atoms with Crippen molar-refractivity contribution in [3.63, 3.8) is 0 Å². The maximum atomic E-state index is 12.5. The van der Waals surface area contributed by atoms with E-state index in [1.807, 2.05) is 9.80 Å². The fourth-order valence-corrected chi connectivity index (χ4v) is 3.15. The predicted octanol–water partition coefficient (Wildman–Crippen LogP) is -0.373. The Balaban J connectivity index is 1.83. The third-order valence-corrected chi connectivity index (χ3v) is 4.25. The van der Waals surface area contributed by atoms with E-state index < -0.39 is 0 Å². The van der Waals surface area contributed by atoms with Gasteiger partial charge in [0.05, 0.1) is 12.5 Å². The summed E-state index contributed by atoms with van der Waals surface area (Å²) in [4.78, 5) is 30.4. The summed E-state index contributed by atoms with van der Waals surface area (Å²) < 4.78 is 0. The average molecular weight is 297 g/mol. The molecular formula is C15H27N3O3. The normalized spacial score (nSPS) is 24.2. The number of carbonyl (C=O) groups excluding carboxylic acids is 2. The van der Waals surface area contributed by atoms with Crippen LogP contribution >= 0.6 is 0 Å². The molecule has 2 rings (SSSR count). The monoisotopic (exact) mass is 297 g/mol. The van der Waals surface area contributed by atoms with Gasteiger partial charge in [-0.05, 0) is 5.92 Å². The zero-order chi connectivity index (χ0) is 15.4. The summed E-state index contributed by atoms with van der Waals surface area (Å²) in [6.07, 6.45) is 0.363. The summed E-state index contributed by atoms with van der Waals surface area (Å²) in [7, 11) is 0. The van der Waals surface area contributed by atoms with Gasteiger partial charge < -0.3 is 14.9 Å². The number of piperazine rings is 1. The Morgan fingerprint density at radius 2 is 1.95 bits per heavy atom. The van der Waals surface area contributed by atoms with Gasteiger partial charge in [0.25, 0.3) is 0 Å². The van der Waals surface area contributed by atoms with E-state index in [1.54, 1.807) is 0 Å². The van der Waals surface area contributed by atoms with Gasteiger partial charge in [-0.1, -0.05) is 13.8 Å². The van der Waals surface area contributed by atoms with E-state index in [1.165, 1.54) is 0 Å². The van der Waals surface area contributed by atoms with E-state index in [0.717, 1.165) is 19.6 Å². The Kier molecular flexibility index (Phi) is 5.58. The first-order valence-corrected chi connectivity index (χ1v) is 7.91. The van der Waals surface area contributed by atoms with Gasteiger partial charge in [-0.25, -0.2) is 0 Å². The lowest BCUT2D eigenvalue weighted by molar-refractivity contribution is -0.137. The molecule has 6 nitrogen and oxygen atoms in total. The molecule has 0 aliphatic carbocycles. The van der Waals surface area contributed by atoms with Crippen molar-refractivity contribution >= 4 is 11.8 Å². The fraction of sp³-hybridized carbons (Fsp3) is 0.867. The zero-order valence-electron chi connectivity index (χ0n) is 13.1. The van der Waals surface area contributed by atoms with Gasteiger partial charge in [0.1, 0.15) is 0 Å². The Morgan fingerprint density at radius 1 is 1.29 bits per heavy atom. The summed E-state index contributed by atoms with van der Waals surface area (Å²) in [6.45, 7) is 9.35. The summed E-state index contributed by atoms with van der Waals surface area (Å²) in [6, 6.07) is 0. The SMILES string of the molecule is CC(C)CN1CC(C(=O)N2CCN(CCO)CC2)CC1=O.